The highest BCUT2D eigenvalue weighted by molar-refractivity contribution is 5.41. The molecule has 2 N–H and O–H groups in total. The van der Waals surface area contributed by atoms with E-state index in [4.69, 9.17) is 0 Å². The number of benzene rings is 1. The zero-order chi connectivity index (χ0) is 13.8. The Balaban J connectivity index is 2.30. The summed E-state index contributed by atoms with van der Waals surface area (Å²) in [4.78, 5) is 2.44. The Morgan fingerprint density at radius 1 is 1.42 bits per heavy atom. The molecule has 0 aromatic heterocycles. The van der Waals surface area contributed by atoms with Gasteiger partial charge in [0.05, 0.1) is 0 Å². The summed E-state index contributed by atoms with van der Waals surface area (Å²) in [6, 6.07) is 6.25. The van der Waals surface area contributed by atoms with Gasteiger partial charge in [0.25, 0.3) is 0 Å². The number of piperazine rings is 1. The molecule has 0 aliphatic carbocycles. The molecule has 1 fully saturated rings. The lowest BCUT2D eigenvalue weighted by molar-refractivity contribution is 0.170. The van der Waals surface area contributed by atoms with E-state index >= 15 is 0 Å². The first-order chi connectivity index (χ1) is 9.09. The molecule has 0 saturated carbocycles. The first-order valence-corrected chi connectivity index (χ1v) is 6.97. The maximum absolute atomic E-state index is 10.3. The SMILES string of the molecule is C=C(C)C[C@H](c1cccc(C)c1O)N1CCNCC1. The molecule has 1 aliphatic rings. The fourth-order valence-corrected chi connectivity index (χ4v) is 2.71. The molecule has 1 saturated heterocycles. The lowest BCUT2D eigenvalue weighted by atomic mass is 9.95. The van der Waals surface area contributed by atoms with Crippen LogP contribution in [-0.4, -0.2) is 36.2 Å². The van der Waals surface area contributed by atoms with Crippen LogP contribution in [0.1, 0.15) is 30.5 Å². The molecular formula is C16H24N2O. The number of hydrogen-bond acceptors (Lipinski definition) is 3. The van der Waals surface area contributed by atoms with Crippen LogP contribution in [0.25, 0.3) is 0 Å². The van der Waals surface area contributed by atoms with Crippen LogP contribution < -0.4 is 5.32 Å². The van der Waals surface area contributed by atoms with Gasteiger partial charge in [0.15, 0.2) is 0 Å². The standard InChI is InChI=1S/C16H24N2O/c1-12(2)11-15(18-9-7-17-8-10-18)14-6-4-5-13(3)16(14)19/h4-6,15,17,19H,1,7-11H2,2-3H3/t15-/m1/s1. The molecule has 3 heteroatoms. The number of hydrogen-bond donors (Lipinski definition) is 2. The lowest BCUT2D eigenvalue weighted by Gasteiger charge is -2.36. The summed E-state index contributed by atoms with van der Waals surface area (Å²) in [5.41, 5.74) is 3.13. The van der Waals surface area contributed by atoms with Crippen LogP contribution >= 0.6 is 0 Å². The number of nitrogens with one attached hydrogen (secondary N) is 1. The van der Waals surface area contributed by atoms with Gasteiger partial charge in [0.2, 0.25) is 0 Å². The van der Waals surface area contributed by atoms with Gasteiger partial charge in [-0.25, -0.2) is 0 Å². The molecule has 0 unspecified atom stereocenters. The fraction of sp³-hybridized carbons (Fsp3) is 0.500. The van der Waals surface area contributed by atoms with Crippen molar-refractivity contribution >= 4 is 0 Å². The van der Waals surface area contributed by atoms with Crippen molar-refractivity contribution < 1.29 is 5.11 Å². The van der Waals surface area contributed by atoms with Gasteiger partial charge in [-0.3, -0.25) is 4.90 Å². The van der Waals surface area contributed by atoms with Crippen molar-refractivity contribution in [2.24, 2.45) is 0 Å². The fourth-order valence-electron chi connectivity index (χ4n) is 2.71. The quantitative estimate of drug-likeness (QED) is 0.817. The summed E-state index contributed by atoms with van der Waals surface area (Å²) >= 11 is 0. The smallest absolute Gasteiger partial charge is 0.123 e. The van der Waals surface area contributed by atoms with Crippen LogP contribution in [0.2, 0.25) is 0 Å². The van der Waals surface area contributed by atoms with E-state index < -0.39 is 0 Å². The Hall–Kier alpha value is -1.32. The van der Waals surface area contributed by atoms with Gasteiger partial charge in [-0.2, -0.15) is 0 Å². The monoisotopic (exact) mass is 260 g/mol. The van der Waals surface area contributed by atoms with Gasteiger partial charge >= 0.3 is 0 Å². The van der Waals surface area contributed by atoms with Crippen LogP contribution in [0.15, 0.2) is 30.4 Å². The number of para-hydroxylation sites is 1. The van der Waals surface area contributed by atoms with Gasteiger partial charge < -0.3 is 10.4 Å². The number of nitrogens with zero attached hydrogens (tertiary/aromatic N) is 1. The van der Waals surface area contributed by atoms with Gasteiger partial charge in [0, 0.05) is 37.8 Å². The third-order valence-corrected chi connectivity index (χ3v) is 3.76. The molecule has 1 heterocycles. The summed E-state index contributed by atoms with van der Waals surface area (Å²) in [6.07, 6.45) is 0.900. The Kier molecular flexibility index (Phi) is 4.61. The topological polar surface area (TPSA) is 35.5 Å². The highest BCUT2D eigenvalue weighted by Crippen LogP contribution is 2.34. The molecule has 0 spiro atoms. The minimum atomic E-state index is 0.236. The maximum Gasteiger partial charge on any atom is 0.123 e. The van der Waals surface area contributed by atoms with E-state index in [2.05, 4.69) is 23.7 Å². The number of aromatic hydroxyl groups is 1. The van der Waals surface area contributed by atoms with Crippen molar-refractivity contribution in [1.82, 2.24) is 10.2 Å². The Morgan fingerprint density at radius 3 is 2.74 bits per heavy atom. The maximum atomic E-state index is 10.3. The van der Waals surface area contributed by atoms with Crippen molar-refractivity contribution in [3.8, 4) is 5.75 Å². The van der Waals surface area contributed by atoms with Gasteiger partial charge in [-0.1, -0.05) is 23.8 Å². The van der Waals surface area contributed by atoms with Crippen LogP contribution in [-0.2, 0) is 0 Å². The van der Waals surface area contributed by atoms with Crippen molar-refractivity contribution in [3.05, 3.63) is 41.5 Å². The van der Waals surface area contributed by atoms with Crippen LogP contribution in [0, 0.1) is 6.92 Å². The number of aryl methyl sites for hydroxylation is 1. The van der Waals surface area contributed by atoms with Crippen molar-refractivity contribution in [3.63, 3.8) is 0 Å². The second-order valence-electron chi connectivity index (χ2n) is 5.48. The van der Waals surface area contributed by atoms with Gasteiger partial charge in [0.1, 0.15) is 5.75 Å². The zero-order valence-corrected chi connectivity index (χ0v) is 11.9. The molecular weight excluding hydrogens is 236 g/mol. The van der Waals surface area contributed by atoms with E-state index in [0.29, 0.717) is 5.75 Å². The molecule has 2 rings (SSSR count). The lowest BCUT2D eigenvalue weighted by Crippen LogP contribution is -2.45. The summed E-state index contributed by atoms with van der Waals surface area (Å²) in [5.74, 6) is 0.437. The average molecular weight is 260 g/mol. The molecule has 1 aliphatic heterocycles. The largest absolute Gasteiger partial charge is 0.507 e. The molecule has 104 valence electrons. The van der Waals surface area contributed by atoms with Crippen LogP contribution in [0.3, 0.4) is 0 Å². The third-order valence-electron chi connectivity index (χ3n) is 3.76. The molecule has 0 radical (unpaired) electrons. The Bertz CT molecular complexity index is 450. The molecule has 3 nitrogen and oxygen atoms in total. The minimum absolute atomic E-state index is 0.236. The second-order valence-corrected chi connectivity index (χ2v) is 5.48. The predicted octanol–water partition coefficient (Wildman–Crippen LogP) is 2.61. The van der Waals surface area contributed by atoms with Gasteiger partial charge in [-0.05, 0) is 25.8 Å². The second kappa shape index (κ2) is 6.22. The Labute approximate surface area is 115 Å². The zero-order valence-electron chi connectivity index (χ0n) is 11.9. The number of phenolic OH excluding ortho intramolecular Hbond substituents is 1. The molecule has 19 heavy (non-hydrogen) atoms. The molecule has 1 atom stereocenters. The molecule has 0 bridgehead atoms. The van der Waals surface area contributed by atoms with E-state index in [1.165, 1.54) is 0 Å². The average Bonchev–Trinajstić information content (AvgIpc) is 2.40. The van der Waals surface area contributed by atoms with E-state index in [1.807, 2.05) is 25.1 Å². The van der Waals surface area contributed by atoms with E-state index in [1.54, 1.807) is 0 Å². The summed E-state index contributed by atoms with van der Waals surface area (Å²) in [5, 5.41) is 13.7. The van der Waals surface area contributed by atoms with Gasteiger partial charge in [-0.15, -0.1) is 6.58 Å². The first-order valence-electron chi connectivity index (χ1n) is 6.97. The molecule has 0 amide bonds. The third kappa shape index (κ3) is 3.37. The molecule has 1 aromatic rings. The molecule has 1 aromatic carbocycles. The van der Waals surface area contributed by atoms with E-state index in [0.717, 1.165) is 49.3 Å². The van der Waals surface area contributed by atoms with Crippen molar-refractivity contribution in [1.29, 1.82) is 0 Å². The summed E-state index contributed by atoms with van der Waals surface area (Å²) < 4.78 is 0. The number of phenols is 1. The Morgan fingerprint density at radius 2 is 2.11 bits per heavy atom. The summed E-state index contributed by atoms with van der Waals surface area (Å²) in [7, 11) is 0. The first kappa shape index (κ1) is 14.1. The predicted molar refractivity (Wildman–Crippen MR) is 79.5 cm³/mol. The van der Waals surface area contributed by atoms with Crippen molar-refractivity contribution in [2.45, 2.75) is 26.3 Å². The van der Waals surface area contributed by atoms with Crippen LogP contribution in [0.5, 0.6) is 5.75 Å². The van der Waals surface area contributed by atoms with E-state index in [9.17, 15) is 5.11 Å². The van der Waals surface area contributed by atoms with E-state index in [-0.39, 0.29) is 6.04 Å². The normalized spacial score (nSPS) is 18.2. The minimum Gasteiger partial charge on any atom is -0.507 e. The van der Waals surface area contributed by atoms with Crippen molar-refractivity contribution in [2.75, 3.05) is 26.2 Å². The number of rotatable bonds is 4. The highest BCUT2D eigenvalue weighted by atomic mass is 16.3. The summed E-state index contributed by atoms with van der Waals surface area (Å²) in [6.45, 7) is 12.1. The highest BCUT2D eigenvalue weighted by Gasteiger charge is 2.24. The van der Waals surface area contributed by atoms with Crippen LogP contribution in [0.4, 0.5) is 0 Å².